The summed E-state index contributed by atoms with van der Waals surface area (Å²) in [6.07, 6.45) is 4.93. The first kappa shape index (κ1) is 22.2. The number of thioether (sulfide) groups is 1. The van der Waals surface area contributed by atoms with Gasteiger partial charge in [0.05, 0.1) is 17.7 Å². The molecule has 33 heavy (non-hydrogen) atoms. The summed E-state index contributed by atoms with van der Waals surface area (Å²) in [4.78, 5) is 19.3. The zero-order valence-electron chi connectivity index (χ0n) is 18.0. The number of furan rings is 1. The van der Waals surface area contributed by atoms with Crippen molar-refractivity contribution >= 4 is 40.6 Å². The van der Waals surface area contributed by atoms with Crippen molar-refractivity contribution in [1.29, 1.82) is 0 Å². The summed E-state index contributed by atoms with van der Waals surface area (Å²) < 4.78 is 7.55. The molecule has 7 nitrogen and oxygen atoms in total. The topological polar surface area (TPSA) is 77.1 Å². The Hall–Kier alpha value is -2.62. The van der Waals surface area contributed by atoms with Crippen LogP contribution in [0, 0.1) is 6.92 Å². The predicted octanol–water partition coefficient (Wildman–Crippen LogP) is 5.86. The van der Waals surface area contributed by atoms with Gasteiger partial charge in [-0.05, 0) is 56.0 Å². The first-order valence-electron chi connectivity index (χ1n) is 10.7. The second-order valence-corrected chi connectivity index (χ2v) is 10.1. The van der Waals surface area contributed by atoms with Crippen LogP contribution in [0.15, 0.2) is 51.5 Å². The number of benzene rings is 1. The number of halogens is 1. The van der Waals surface area contributed by atoms with Gasteiger partial charge in [-0.15, -0.1) is 21.5 Å². The molecule has 1 aliphatic rings. The smallest absolute Gasteiger partial charge is 0.273 e. The fraction of sp³-hybridized carbons (Fsp3) is 0.304. The van der Waals surface area contributed by atoms with Gasteiger partial charge in [0.2, 0.25) is 5.82 Å². The lowest BCUT2D eigenvalue weighted by molar-refractivity contribution is 0.0719. The molecule has 4 heterocycles. The van der Waals surface area contributed by atoms with Gasteiger partial charge in [0.1, 0.15) is 10.7 Å². The van der Waals surface area contributed by atoms with Gasteiger partial charge in [-0.2, -0.15) is 0 Å². The van der Waals surface area contributed by atoms with Gasteiger partial charge >= 0.3 is 0 Å². The number of hydrogen-bond donors (Lipinski definition) is 0. The predicted molar refractivity (Wildman–Crippen MR) is 130 cm³/mol. The monoisotopic (exact) mass is 499 g/mol. The molecular formula is C23H22ClN5O2S2. The average molecular weight is 500 g/mol. The molecule has 1 aliphatic heterocycles. The van der Waals surface area contributed by atoms with Gasteiger partial charge in [-0.25, -0.2) is 4.98 Å². The lowest BCUT2D eigenvalue weighted by Crippen LogP contribution is -2.35. The Balaban J connectivity index is 1.40. The highest BCUT2D eigenvalue weighted by atomic mass is 35.5. The minimum absolute atomic E-state index is 0.0278. The summed E-state index contributed by atoms with van der Waals surface area (Å²) in [6.45, 7) is 3.65. The van der Waals surface area contributed by atoms with Crippen LogP contribution in [0.1, 0.15) is 40.3 Å². The van der Waals surface area contributed by atoms with Crippen molar-refractivity contribution in [3.63, 3.8) is 0 Å². The number of amides is 1. The maximum Gasteiger partial charge on any atom is 0.273 e. The van der Waals surface area contributed by atoms with Crippen LogP contribution in [0.25, 0.3) is 17.3 Å². The summed E-state index contributed by atoms with van der Waals surface area (Å²) in [5, 5.41) is 12.9. The van der Waals surface area contributed by atoms with Crippen molar-refractivity contribution in [3.8, 4) is 17.3 Å². The molecule has 0 atom stereocenters. The van der Waals surface area contributed by atoms with E-state index in [1.165, 1.54) is 29.5 Å². The first-order valence-corrected chi connectivity index (χ1v) is 13.0. The van der Waals surface area contributed by atoms with Gasteiger partial charge < -0.3 is 9.32 Å². The second-order valence-electron chi connectivity index (χ2n) is 7.82. The van der Waals surface area contributed by atoms with Crippen molar-refractivity contribution < 1.29 is 9.21 Å². The quantitative estimate of drug-likeness (QED) is 0.309. The van der Waals surface area contributed by atoms with Crippen LogP contribution in [-0.4, -0.2) is 43.6 Å². The highest BCUT2D eigenvalue weighted by molar-refractivity contribution is 7.98. The Morgan fingerprint density at radius 1 is 1.21 bits per heavy atom. The average Bonchev–Trinajstić information content (AvgIpc) is 3.60. The molecule has 0 N–H and O–H groups in total. The Bertz CT molecular complexity index is 1260. The number of carbonyl (C=O) groups excluding carboxylic acids is 1. The number of rotatable bonds is 6. The summed E-state index contributed by atoms with van der Waals surface area (Å²) in [6, 6.07) is 9.41. The zero-order chi connectivity index (χ0) is 22.8. The van der Waals surface area contributed by atoms with E-state index in [0.29, 0.717) is 33.2 Å². The van der Waals surface area contributed by atoms with Crippen molar-refractivity contribution in [3.05, 3.63) is 63.3 Å². The third-order valence-electron chi connectivity index (χ3n) is 5.53. The van der Waals surface area contributed by atoms with Crippen LogP contribution < -0.4 is 0 Å². The molecule has 0 bridgehead atoms. The number of hydrogen-bond acceptors (Lipinski definition) is 7. The van der Waals surface area contributed by atoms with Crippen molar-refractivity contribution in [1.82, 2.24) is 24.6 Å². The molecule has 10 heteroatoms. The molecule has 1 saturated heterocycles. The Labute approximate surface area is 204 Å². The van der Waals surface area contributed by atoms with Gasteiger partial charge in [0, 0.05) is 23.5 Å². The minimum Gasteiger partial charge on any atom is -0.461 e. The van der Waals surface area contributed by atoms with E-state index in [4.69, 9.17) is 16.0 Å². The molecule has 0 aliphatic carbocycles. The molecule has 0 radical (unpaired) electrons. The van der Waals surface area contributed by atoms with E-state index in [-0.39, 0.29) is 5.91 Å². The molecule has 0 unspecified atom stereocenters. The van der Waals surface area contributed by atoms with E-state index >= 15 is 0 Å². The molecule has 0 saturated carbocycles. The van der Waals surface area contributed by atoms with E-state index in [0.717, 1.165) is 42.2 Å². The van der Waals surface area contributed by atoms with Crippen LogP contribution >= 0.6 is 34.7 Å². The molecule has 1 fully saturated rings. The van der Waals surface area contributed by atoms with Crippen molar-refractivity contribution in [2.75, 3.05) is 13.1 Å². The van der Waals surface area contributed by atoms with Gasteiger partial charge in [0.15, 0.2) is 10.9 Å². The van der Waals surface area contributed by atoms with Crippen molar-refractivity contribution in [2.45, 2.75) is 37.1 Å². The standard InChI is InChI=1S/C23H22ClN5O2S2/c1-15-7-8-16(24)12-18(15)29-21(19-6-5-11-31-19)26-27-23(29)33-14-20-25-17(13-32-20)22(30)28-9-3-2-4-10-28/h5-8,11-13H,2-4,9-10,14H2,1H3. The van der Waals surface area contributed by atoms with Crippen LogP contribution in [0.5, 0.6) is 0 Å². The van der Waals surface area contributed by atoms with Crippen LogP contribution in [0.3, 0.4) is 0 Å². The Morgan fingerprint density at radius 3 is 2.85 bits per heavy atom. The number of piperidine rings is 1. The zero-order valence-corrected chi connectivity index (χ0v) is 20.4. The molecule has 170 valence electrons. The summed E-state index contributed by atoms with van der Waals surface area (Å²) in [5.41, 5.74) is 2.46. The van der Waals surface area contributed by atoms with Crippen LogP contribution in [0.4, 0.5) is 0 Å². The maximum atomic E-state index is 12.7. The maximum absolute atomic E-state index is 12.7. The van der Waals surface area contributed by atoms with Gasteiger partial charge in [-0.1, -0.05) is 29.4 Å². The molecular weight excluding hydrogens is 478 g/mol. The van der Waals surface area contributed by atoms with E-state index in [9.17, 15) is 4.79 Å². The number of carbonyl (C=O) groups is 1. The first-order chi connectivity index (χ1) is 16.1. The highest BCUT2D eigenvalue weighted by Crippen LogP contribution is 2.33. The van der Waals surface area contributed by atoms with Crippen molar-refractivity contribution in [2.24, 2.45) is 0 Å². The van der Waals surface area contributed by atoms with Crippen LogP contribution in [-0.2, 0) is 5.75 Å². The highest BCUT2D eigenvalue weighted by Gasteiger charge is 2.22. The molecule has 1 aromatic carbocycles. The molecule has 5 rings (SSSR count). The summed E-state index contributed by atoms with van der Waals surface area (Å²) in [5.74, 6) is 1.83. The SMILES string of the molecule is Cc1ccc(Cl)cc1-n1c(SCc2nc(C(=O)N3CCCCC3)cs2)nnc1-c1ccco1. The van der Waals surface area contributed by atoms with Gasteiger partial charge in [-0.3, -0.25) is 9.36 Å². The lowest BCUT2D eigenvalue weighted by atomic mass is 10.1. The number of likely N-dealkylation sites (tertiary alicyclic amines) is 1. The van der Waals surface area contributed by atoms with Gasteiger partial charge in [0.25, 0.3) is 5.91 Å². The molecule has 1 amide bonds. The number of thiazole rings is 1. The van der Waals surface area contributed by atoms with E-state index in [1.54, 1.807) is 6.26 Å². The third kappa shape index (κ3) is 4.71. The fourth-order valence-electron chi connectivity index (χ4n) is 3.83. The second kappa shape index (κ2) is 9.70. The lowest BCUT2D eigenvalue weighted by Gasteiger charge is -2.25. The summed E-state index contributed by atoms with van der Waals surface area (Å²) >= 11 is 9.32. The number of aryl methyl sites for hydroxylation is 1. The Kier molecular flexibility index (Phi) is 6.52. The molecule has 3 aromatic heterocycles. The van der Waals surface area contributed by atoms with E-state index in [2.05, 4.69) is 15.2 Å². The number of aromatic nitrogens is 4. The normalized spacial score (nSPS) is 14.1. The van der Waals surface area contributed by atoms with Crippen LogP contribution in [0.2, 0.25) is 5.02 Å². The largest absolute Gasteiger partial charge is 0.461 e. The van der Waals surface area contributed by atoms with E-state index in [1.807, 2.05) is 52.1 Å². The van der Waals surface area contributed by atoms with E-state index < -0.39 is 0 Å². The summed E-state index contributed by atoms with van der Waals surface area (Å²) in [7, 11) is 0. The molecule has 4 aromatic rings. The third-order valence-corrected chi connectivity index (χ3v) is 7.73. The number of nitrogens with zero attached hydrogens (tertiary/aromatic N) is 5. The minimum atomic E-state index is 0.0278. The Morgan fingerprint density at radius 2 is 2.06 bits per heavy atom. The molecule has 0 spiro atoms. The fourth-order valence-corrected chi connectivity index (χ4v) is 5.73.